The van der Waals surface area contributed by atoms with Gasteiger partial charge in [-0.05, 0) is 67.0 Å². The van der Waals surface area contributed by atoms with Crippen LogP contribution in [0.25, 0.3) is 6.08 Å². The van der Waals surface area contributed by atoms with Gasteiger partial charge in [-0.3, -0.25) is 9.36 Å². The van der Waals surface area contributed by atoms with Crippen LogP contribution in [0.3, 0.4) is 0 Å². The van der Waals surface area contributed by atoms with Gasteiger partial charge in [0.2, 0.25) is 0 Å². The number of aromatic hydroxyl groups is 1. The van der Waals surface area contributed by atoms with Gasteiger partial charge in [0.25, 0.3) is 5.91 Å². The number of anilines is 1. The topological polar surface area (TPSA) is 76.1 Å². The van der Waals surface area contributed by atoms with Crippen molar-refractivity contribution in [1.29, 1.82) is 0 Å². The third kappa shape index (κ3) is 7.12. The Morgan fingerprint density at radius 2 is 1.53 bits per heavy atom. The Morgan fingerprint density at radius 3 is 2.05 bits per heavy atom. The number of thioether (sulfide) groups is 1. The zero-order valence-electron chi connectivity index (χ0n) is 24.0. The van der Waals surface area contributed by atoms with Crippen molar-refractivity contribution in [3.63, 3.8) is 0 Å². The summed E-state index contributed by atoms with van der Waals surface area (Å²) in [6.07, 6.45) is 2.65. The molecule has 1 aliphatic heterocycles. The molecule has 1 aliphatic rings. The van der Waals surface area contributed by atoms with Crippen LogP contribution >= 0.6 is 19.4 Å². The minimum Gasteiger partial charge on any atom is -0.507 e. The molecule has 6 nitrogen and oxygen atoms in total. The molecule has 0 saturated carbocycles. The third-order valence-electron chi connectivity index (χ3n) is 6.34. The lowest BCUT2D eigenvalue weighted by molar-refractivity contribution is -0.114. The number of rotatable bonds is 9. The van der Waals surface area contributed by atoms with Crippen LogP contribution in [0.1, 0.15) is 78.5 Å². The fourth-order valence-electron chi connectivity index (χ4n) is 4.50. The fraction of sp³-hybridized carbons (Fsp3) is 0.500. The first-order valence-corrected chi connectivity index (χ1v) is 15.8. The lowest BCUT2D eigenvalue weighted by Crippen LogP contribution is -2.35. The van der Waals surface area contributed by atoms with Crippen LogP contribution in [0.2, 0.25) is 0 Å². The van der Waals surface area contributed by atoms with Gasteiger partial charge in [-0.25, -0.2) is 0 Å². The Kier molecular flexibility index (Phi) is 9.63. The van der Waals surface area contributed by atoms with Gasteiger partial charge in [0, 0.05) is 22.6 Å². The highest BCUT2D eigenvalue weighted by molar-refractivity contribution is 8.04. The Balaban J connectivity index is 2.00. The van der Waals surface area contributed by atoms with Crippen LogP contribution in [0.15, 0.2) is 46.2 Å². The van der Waals surface area contributed by atoms with Crippen molar-refractivity contribution >= 4 is 37.0 Å². The highest BCUT2D eigenvalue weighted by Crippen LogP contribution is 2.49. The van der Waals surface area contributed by atoms with E-state index in [0.29, 0.717) is 36.8 Å². The van der Waals surface area contributed by atoms with Gasteiger partial charge in [-0.2, -0.15) is 0 Å². The Labute approximate surface area is 232 Å². The molecule has 0 aromatic heterocycles. The van der Waals surface area contributed by atoms with Crippen LogP contribution in [0, 0.1) is 0 Å². The zero-order chi connectivity index (χ0) is 28.3. The molecule has 0 aliphatic carbocycles. The lowest BCUT2D eigenvalue weighted by atomic mass is 9.78. The Hall–Kier alpha value is -2.05. The van der Waals surface area contributed by atoms with E-state index in [1.165, 1.54) is 11.8 Å². The quantitative estimate of drug-likeness (QED) is 0.247. The van der Waals surface area contributed by atoms with Gasteiger partial charge in [-0.15, -0.1) is 0 Å². The number of carbonyl (C=O) groups excluding carboxylic acids is 1. The summed E-state index contributed by atoms with van der Waals surface area (Å²) in [5.41, 5.74) is 2.89. The summed E-state index contributed by atoms with van der Waals surface area (Å²) in [6.45, 7) is 17.1. The molecule has 2 aromatic rings. The maximum absolute atomic E-state index is 13.8. The van der Waals surface area contributed by atoms with Gasteiger partial charge < -0.3 is 19.1 Å². The molecule has 38 heavy (non-hydrogen) atoms. The SMILES string of the molecule is CCOP(=O)(CCCN1C(=O)C(=Cc2cc(C(C)(C)C)c(O)c(C(C)(C)C)c2)Sc2ccccc21)OCC. The van der Waals surface area contributed by atoms with Crippen molar-refractivity contribution < 1.29 is 23.5 Å². The number of phenols is 1. The molecular formula is C30H42NO5PS. The second-order valence-electron chi connectivity index (χ2n) is 11.5. The number of hydrogen-bond donors (Lipinski definition) is 1. The molecule has 0 atom stereocenters. The molecule has 8 heteroatoms. The number of nitrogens with zero attached hydrogens (tertiary/aromatic N) is 1. The third-order valence-corrected chi connectivity index (χ3v) is 9.59. The fourth-order valence-corrected chi connectivity index (χ4v) is 7.21. The maximum atomic E-state index is 13.8. The van der Waals surface area contributed by atoms with Crippen LogP contribution < -0.4 is 4.90 Å². The van der Waals surface area contributed by atoms with Gasteiger partial charge >= 0.3 is 7.60 Å². The normalized spacial score (nSPS) is 15.7. The first-order chi connectivity index (χ1) is 17.7. The summed E-state index contributed by atoms with van der Waals surface area (Å²) in [5.74, 6) is 0.216. The van der Waals surface area contributed by atoms with Crippen molar-refractivity contribution in [2.24, 2.45) is 0 Å². The summed E-state index contributed by atoms with van der Waals surface area (Å²) in [7, 11) is -3.19. The molecule has 2 aromatic carbocycles. The highest BCUT2D eigenvalue weighted by Gasteiger charge is 2.31. The molecule has 0 saturated heterocycles. The summed E-state index contributed by atoms with van der Waals surface area (Å²) in [5, 5.41) is 11.1. The monoisotopic (exact) mass is 559 g/mol. The van der Waals surface area contributed by atoms with Crippen molar-refractivity contribution in [2.45, 2.75) is 77.5 Å². The number of para-hydroxylation sites is 1. The molecule has 1 N–H and O–H groups in total. The van der Waals surface area contributed by atoms with Crippen molar-refractivity contribution in [1.82, 2.24) is 0 Å². The van der Waals surface area contributed by atoms with Gasteiger partial charge in [-0.1, -0.05) is 65.4 Å². The van der Waals surface area contributed by atoms with Crippen molar-refractivity contribution in [3.8, 4) is 5.75 Å². The number of carbonyl (C=O) groups is 1. The summed E-state index contributed by atoms with van der Waals surface area (Å²) < 4.78 is 23.8. The van der Waals surface area contributed by atoms with Crippen LogP contribution in [0.5, 0.6) is 5.75 Å². The zero-order valence-corrected chi connectivity index (χ0v) is 25.7. The molecule has 3 rings (SSSR count). The van der Waals surface area contributed by atoms with E-state index < -0.39 is 7.60 Å². The van der Waals surface area contributed by atoms with E-state index in [1.54, 1.807) is 18.7 Å². The van der Waals surface area contributed by atoms with Crippen LogP contribution in [0.4, 0.5) is 5.69 Å². The first kappa shape index (κ1) is 30.5. The van der Waals surface area contributed by atoms with E-state index in [2.05, 4.69) is 41.5 Å². The standard InChI is InChI=1S/C30H42NO5PS/c1-9-35-37(34,36-10-2)17-13-16-31-24-14-11-12-15-25(24)38-26(28(31)33)20-21-18-22(29(3,4)5)27(32)23(19-21)30(6,7)8/h11-12,14-15,18-20,32H,9-10,13,16-17H2,1-8H3. The minimum atomic E-state index is -3.19. The van der Waals surface area contributed by atoms with E-state index in [1.807, 2.05) is 42.5 Å². The van der Waals surface area contributed by atoms with E-state index >= 15 is 0 Å². The molecular weight excluding hydrogens is 517 g/mol. The average Bonchev–Trinajstić information content (AvgIpc) is 2.81. The lowest BCUT2D eigenvalue weighted by Gasteiger charge is -2.31. The van der Waals surface area contributed by atoms with E-state index in [-0.39, 0.29) is 22.9 Å². The molecule has 208 valence electrons. The molecule has 0 radical (unpaired) electrons. The number of phenolic OH excluding ortho intramolecular Hbond substituents is 1. The van der Waals surface area contributed by atoms with E-state index in [0.717, 1.165) is 27.3 Å². The molecule has 0 spiro atoms. The minimum absolute atomic E-state index is 0.0981. The summed E-state index contributed by atoms with van der Waals surface area (Å²) in [6, 6.07) is 11.8. The Morgan fingerprint density at radius 1 is 0.974 bits per heavy atom. The second kappa shape index (κ2) is 12.0. The van der Waals surface area contributed by atoms with Crippen LogP contribution in [-0.2, 0) is 29.2 Å². The number of amides is 1. The van der Waals surface area contributed by atoms with Crippen molar-refractivity contribution in [2.75, 3.05) is 30.8 Å². The van der Waals surface area contributed by atoms with Gasteiger partial charge in [0.15, 0.2) is 0 Å². The number of hydrogen-bond acceptors (Lipinski definition) is 6. The van der Waals surface area contributed by atoms with Gasteiger partial charge in [0.1, 0.15) is 5.75 Å². The van der Waals surface area contributed by atoms with Gasteiger partial charge in [0.05, 0.1) is 30.0 Å². The maximum Gasteiger partial charge on any atom is 0.330 e. The molecule has 0 unspecified atom stereocenters. The predicted molar refractivity (Wildman–Crippen MR) is 158 cm³/mol. The van der Waals surface area contributed by atoms with E-state index in [9.17, 15) is 14.5 Å². The summed E-state index contributed by atoms with van der Waals surface area (Å²) in [4.78, 5) is 17.1. The van der Waals surface area contributed by atoms with Crippen molar-refractivity contribution in [3.05, 3.63) is 58.0 Å². The largest absolute Gasteiger partial charge is 0.507 e. The summed E-state index contributed by atoms with van der Waals surface area (Å²) >= 11 is 1.45. The molecule has 0 fully saturated rings. The number of benzene rings is 2. The highest BCUT2D eigenvalue weighted by atomic mass is 32.2. The van der Waals surface area contributed by atoms with E-state index in [4.69, 9.17) is 9.05 Å². The average molecular weight is 560 g/mol. The molecule has 1 amide bonds. The first-order valence-electron chi connectivity index (χ1n) is 13.3. The smallest absolute Gasteiger partial charge is 0.330 e. The second-order valence-corrected chi connectivity index (χ2v) is 14.8. The molecule has 1 heterocycles. The predicted octanol–water partition coefficient (Wildman–Crippen LogP) is 8.12. The number of fused-ring (bicyclic) bond motifs is 1. The Bertz CT molecular complexity index is 1200. The van der Waals surface area contributed by atoms with Crippen LogP contribution in [-0.4, -0.2) is 36.9 Å². The molecule has 0 bridgehead atoms.